The molecule has 0 aliphatic rings. The first-order chi connectivity index (χ1) is 8.06. The smallest absolute Gasteiger partial charge is 0.169 e. The topological polar surface area (TPSA) is 60.9 Å². The van der Waals surface area contributed by atoms with Crippen molar-refractivity contribution < 1.29 is 9.18 Å². The van der Waals surface area contributed by atoms with Crippen LogP contribution in [0.3, 0.4) is 0 Å². The van der Waals surface area contributed by atoms with Crippen LogP contribution in [0.25, 0.3) is 0 Å². The summed E-state index contributed by atoms with van der Waals surface area (Å²) in [7, 11) is 1.77. The fraction of sp³-hybridized carbons (Fsp3) is 0.167. The van der Waals surface area contributed by atoms with E-state index in [2.05, 4.69) is 5.10 Å². The number of nitrogens with zero attached hydrogens (tertiary/aromatic N) is 2. The molecule has 88 valence electrons. The van der Waals surface area contributed by atoms with E-state index in [1.807, 2.05) is 0 Å². The molecule has 4 nitrogen and oxygen atoms in total. The van der Waals surface area contributed by atoms with Crippen LogP contribution in [-0.4, -0.2) is 15.6 Å². The lowest BCUT2D eigenvalue weighted by Crippen LogP contribution is -2.07. The van der Waals surface area contributed by atoms with E-state index in [4.69, 9.17) is 5.73 Å². The van der Waals surface area contributed by atoms with Gasteiger partial charge in [-0.2, -0.15) is 5.10 Å². The van der Waals surface area contributed by atoms with Crippen LogP contribution in [0.2, 0.25) is 0 Å². The number of carbonyl (C=O) groups is 1. The average molecular weight is 233 g/mol. The summed E-state index contributed by atoms with van der Waals surface area (Å²) in [5.74, 6) is -0.677. The molecule has 5 heteroatoms. The highest BCUT2D eigenvalue weighted by atomic mass is 19.1. The van der Waals surface area contributed by atoms with Crippen LogP contribution in [0.1, 0.15) is 15.9 Å². The van der Waals surface area contributed by atoms with Crippen molar-refractivity contribution in [3.05, 3.63) is 47.5 Å². The highest BCUT2D eigenvalue weighted by Gasteiger charge is 2.12. The lowest BCUT2D eigenvalue weighted by Gasteiger charge is -2.03. The predicted octanol–water partition coefficient (Wildman–Crippen LogP) is 1.57. The summed E-state index contributed by atoms with van der Waals surface area (Å²) in [4.78, 5) is 11.9. The second-order valence-corrected chi connectivity index (χ2v) is 3.85. The van der Waals surface area contributed by atoms with Crippen molar-refractivity contribution in [2.24, 2.45) is 7.05 Å². The maximum absolute atomic E-state index is 13.0. The average Bonchev–Trinajstić information content (AvgIpc) is 2.67. The van der Waals surface area contributed by atoms with E-state index in [1.165, 1.54) is 12.1 Å². The van der Waals surface area contributed by atoms with Gasteiger partial charge in [-0.1, -0.05) is 0 Å². The molecule has 0 aliphatic carbocycles. The summed E-state index contributed by atoms with van der Waals surface area (Å²) >= 11 is 0. The fourth-order valence-corrected chi connectivity index (χ4v) is 1.61. The number of aryl methyl sites for hydroxylation is 1. The monoisotopic (exact) mass is 233 g/mol. The largest absolute Gasteiger partial charge is 0.398 e. The number of benzene rings is 1. The molecular formula is C12H12FN3O. The van der Waals surface area contributed by atoms with Crippen molar-refractivity contribution in [2.75, 3.05) is 5.73 Å². The molecule has 0 atom stereocenters. The van der Waals surface area contributed by atoms with Gasteiger partial charge in [-0.25, -0.2) is 4.39 Å². The van der Waals surface area contributed by atoms with Gasteiger partial charge in [0.15, 0.2) is 5.78 Å². The Hall–Kier alpha value is -2.17. The van der Waals surface area contributed by atoms with Crippen molar-refractivity contribution in [1.29, 1.82) is 0 Å². The van der Waals surface area contributed by atoms with E-state index in [0.717, 1.165) is 11.6 Å². The van der Waals surface area contributed by atoms with E-state index >= 15 is 0 Å². The van der Waals surface area contributed by atoms with Crippen molar-refractivity contribution in [2.45, 2.75) is 6.42 Å². The first-order valence-corrected chi connectivity index (χ1v) is 5.12. The lowest BCUT2D eigenvalue weighted by molar-refractivity contribution is 0.0993. The van der Waals surface area contributed by atoms with Gasteiger partial charge in [0.25, 0.3) is 0 Å². The van der Waals surface area contributed by atoms with E-state index in [-0.39, 0.29) is 17.8 Å². The molecule has 0 fully saturated rings. The number of carbonyl (C=O) groups excluding carboxylic acids is 1. The van der Waals surface area contributed by atoms with Gasteiger partial charge in [0.2, 0.25) is 0 Å². The minimum absolute atomic E-state index is 0.168. The summed E-state index contributed by atoms with van der Waals surface area (Å²) in [5.41, 5.74) is 6.93. The summed E-state index contributed by atoms with van der Waals surface area (Å²) in [6, 6.07) is 3.79. The Morgan fingerprint density at radius 1 is 1.53 bits per heavy atom. The predicted molar refractivity (Wildman–Crippen MR) is 62.1 cm³/mol. The molecule has 0 aliphatic heterocycles. The molecular weight excluding hydrogens is 221 g/mol. The standard InChI is InChI=1S/C12H12FN3O/c1-16-7-8(6-15-16)4-12(17)10-5-9(13)2-3-11(10)14/h2-3,5-7H,4,14H2,1H3. The Bertz CT molecular complexity index is 563. The molecule has 17 heavy (non-hydrogen) atoms. The zero-order chi connectivity index (χ0) is 12.4. The lowest BCUT2D eigenvalue weighted by atomic mass is 10.0. The third-order valence-electron chi connectivity index (χ3n) is 2.44. The number of ketones is 1. The number of halogens is 1. The Labute approximate surface area is 97.9 Å². The number of anilines is 1. The van der Waals surface area contributed by atoms with Crippen LogP contribution in [0.4, 0.5) is 10.1 Å². The highest BCUT2D eigenvalue weighted by Crippen LogP contribution is 2.16. The molecule has 1 aromatic carbocycles. The van der Waals surface area contributed by atoms with Gasteiger partial charge in [-0.3, -0.25) is 9.48 Å². The summed E-state index contributed by atoms with van der Waals surface area (Å²) in [6.45, 7) is 0. The summed E-state index contributed by atoms with van der Waals surface area (Å²) < 4.78 is 14.6. The third kappa shape index (κ3) is 2.50. The van der Waals surface area contributed by atoms with Crippen molar-refractivity contribution in [3.63, 3.8) is 0 Å². The minimum atomic E-state index is -0.464. The quantitative estimate of drug-likeness (QED) is 0.646. The van der Waals surface area contributed by atoms with Crippen molar-refractivity contribution >= 4 is 11.5 Å². The van der Waals surface area contributed by atoms with Gasteiger partial charge in [0.05, 0.1) is 6.20 Å². The van der Waals surface area contributed by atoms with E-state index < -0.39 is 5.82 Å². The molecule has 2 aromatic rings. The molecule has 0 spiro atoms. The van der Waals surface area contributed by atoms with Crippen LogP contribution in [-0.2, 0) is 13.5 Å². The van der Waals surface area contributed by atoms with Crippen LogP contribution in [0, 0.1) is 5.82 Å². The first kappa shape index (κ1) is 11.3. The van der Waals surface area contributed by atoms with E-state index in [9.17, 15) is 9.18 Å². The number of hydrogen-bond donors (Lipinski definition) is 1. The van der Waals surface area contributed by atoms with Gasteiger partial charge >= 0.3 is 0 Å². The van der Waals surface area contributed by atoms with Crippen LogP contribution < -0.4 is 5.73 Å². The fourth-order valence-electron chi connectivity index (χ4n) is 1.61. The number of nitrogens with two attached hydrogens (primary N) is 1. The second kappa shape index (κ2) is 4.37. The molecule has 2 rings (SSSR count). The molecule has 0 radical (unpaired) electrons. The maximum Gasteiger partial charge on any atom is 0.169 e. The molecule has 2 N–H and O–H groups in total. The number of aromatic nitrogens is 2. The zero-order valence-electron chi connectivity index (χ0n) is 9.35. The molecule has 1 aromatic heterocycles. The van der Waals surface area contributed by atoms with E-state index in [1.54, 1.807) is 24.1 Å². The van der Waals surface area contributed by atoms with Crippen molar-refractivity contribution in [3.8, 4) is 0 Å². The molecule has 1 heterocycles. The van der Waals surface area contributed by atoms with Gasteiger partial charge in [0, 0.05) is 30.9 Å². The van der Waals surface area contributed by atoms with Gasteiger partial charge in [-0.05, 0) is 23.8 Å². The van der Waals surface area contributed by atoms with E-state index in [0.29, 0.717) is 5.69 Å². The number of Topliss-reactive ketones (excluding diaryl/α,β-unsaturated/α-hetero) is 1. The molecule has 0 unspecified atom stereocenters. The zero-order valence-corrected chi connectivity index (χ0v) is 9.35. The van der Waals surface area contributed by atoms with Crippen LogP contribution >= 0.6 is 0 Å². The minimum Gasteiger partial charge on any atom is -0.398 e. The third-order valence-corrected chi connectivity index (χ3v) is 2.44. The summed E-state index contributed by atoms with van der Waals surface area (Å²) in [6.07, 6.45) is 3.52. The molecule has 0 amide bonds. The Balaban J connectivity index is 2.22. The normalized spacial score (nSPS) is 10.5. The van der Waals surface area contributed by atoms with Gasteiger partial charge in [0.1, 0.15) is 5.82 Å². The second-order valence-electron chi connectivity index (χ2n) is 3.85. The van der Waals surface area contributed by atoms with Crippen molar-refractivity contribution in [1.82, 2.24) is 9.78 Å². The number of rotatable bonds is 3. The molecule has 0 saturated heterocycles. The van der Waals surface area contributed by atoms with Crippen LogP contribution in [0.15, 0.2) is 30.6 Å². The Morgan fingerprint density at radius 3 is 2.94 bits per heavy atom. The van der Waals surface area contributed by atoms with Gasteiger partial charge < -0.3 is 5.73 Å². The summed E-state index contributed by atoms with van der Waals surface area (Å²) in [5, 5.41) is 3.96. The van der Waals surface area contributed by atoms with Gasteiger partial charge in [-0.15, -0.1) is 0 Å². The Kier molecular flexibility index (Phi) is 2.91. The first-order valence-electron chi connectivity index (χ1n) is 5.12. The molecule has 0 bridgehead atoms. The highest BCUT2D eigenvalue weighted by molar-refractivity contribution is 6.01. The number of nitrogen functional groups attached to an aromatic ring is 1. The maximum atomic E-state index is 13.0. The molecule has 0 saturated carbocycles. The van der Waals surface area contributed by atoms with Crippen LogP contribution in [0.5, 0.6) is 0 Å². The SMILES string of the molecule is Cn1cc(CC(=O)c2cc(F)ccc2N)cn1. The number of hydrogen-bond acceptors (Lipinski definition) is 3. The Morgan fingerprint density at radius 2 is 2.29 bits per heavy atom.